The summed E-state index contributed by atoms with van der Waals surface area (Å²) < 4.78 is 51.6. The normalized spacial score (nSPS) is 12.5. The van der Waals surface area contributed by atoms with E-state index in [9.17, 15) is 18.0 Å². The van der Waals surface area contributed by atoms with Crippen molar-refractivity contribution in [2.24, 2.45) is 5.92 Å². The van der Waals surface area contributed by atoms with Gasteiger partial charge < -0.3 is 14.8 Å². The van der Waals surface area contributed by atoms with Crippen LogP contribution < -0.4 is 14.8 Å². The number of halogens is 4. The van der Waals surface area contributed by atoms with Gasteiger partial charge >= 0.3 is 6.36 Å². The minimum Gasteiger partial charge on any atom is -0.496 e. The molecule has 5 rings (SSSR count). The topological polar surface area (TPSA) is 133 Å². The van der Waals surface area contributed by atoms with Crippen molar-refractivity contribution in [1.82, 2.24) is 40.7 Å². The summed E-state index contributed by atoms with van der Waals surface area (Å²) in [6.45, 7) is 3.94. The second-order valence-corrected chi connectivity index (χ2v) is 10.1. The van der Waals surface area contributed by atoms with Crippen LogP contribution in [-0.4, -0.2) is 54.8 Å². The van der Waals surface area contributed by atoms with Crippen LogP contribution in [0.2, 0.25) is 5.02 Å². The summed E-state index contributed by atoms with van der Waals surface area (Å²) >= 11 is 6.17. The molecule has 0 aliphatic heterocycles. The van der Waals surface area contributed by atoms with Crippen LogP contribution in [0.25, 0.3) is 27.8 Å². The molecule has 11 nitrogen and oxygen atoms in total. The molecule has 0 spiro atoms. The van der Waals surface area contributed by atoms with E-state index < -0.39 is 24.1 Å². The summed E-state index contributed by atoms with van der Waals surface area (Å²) in [7, 11) is 1.32. The van der Waals surface area contributed by atoms with Crippen molar-refractivity contribution >= 4 is 28.4 Å². The minimum atomic E-state index is -5.00. The molecule has 5 aromatic rings. The van der Waals surface area contributed by atoms with Crippen molar-refractivity contribution in [1.29, 1.82) is 0 Å². The number of nitrogens with one attached hydrogen (secondary N) is 2. The maximum Gasteiger partial charge on any atom is 0.573 e. The van der Waals surface area contributed by atoms with Crippen LogP contribution in [0.5, 0.6) is 11.5 Å². The molecule has 3 aromatic heterocycles. The monoisotopic (exact) mass is 600 g/mol. The van der Waals surface area contributed by atoms with Gasteiger partial charge in [0, 0.05) is 16.6 Å². The van der Waals surface area contributed by atoms with Gasteiger partial charge in [-0.1, -0.05) is 36.7 Å². The molecule has 42 heavy (non-hydrogen) atoms. The Kier molecular flexibility index (Phi) is 7.98. The molecule has 0 radical (unpaired) electrons. The van der Waals surface area contributed by atoms with E-state index in [4.69, 9.17) is 16.3 Å². The summed E-state index contributed by atoms with van der Waals surface area (Å²) in [5.41, 5.74) is 0.865. The van der Waals surface area contributed by atoms with E-state index in [1.807, 2.05) is 13.8 Å². The summed E-state index contributed by atoms with van der Waals surface area (Å²) in [6, 6.07) is 11.4. The first-order chi connectivity index (χ1) is 20.0. The molecular formula is C27H24ClF3N8O3. The lowest BCUT2D eigenvalue weighted by Crippen LogP contribution is -2.30. The lowest BCUT2D eigenvalue weighted by Gasteiger charge is -2.17. The Morgan fingerprint density at radius 3 is 2.62 bits per heavy atom. The third-order valence-corrected chi connectivity index (χ3v) is 6.46. The quantitative estimate of drug-likeness (QED) is 0.221. The van der Waals surface area contributed by atoms with E-state index in [0.717, 1.165) is 6.07 Å². The predicted octanol–water partition coefficient (Wildman–Crippen LogP) is 5.68. The smallest absolute Gasteiger partial charge is 0.496 e. The molecule has 0 fully saturated rings. The number of methoxy groups -OCH3 is 1. The van der Waals surface area contributed by atoms with Gasteiger partial charge in [0.1, 0.15) is 11.5 Å². The van der Waals surface area contributed by atoms with Crippen LogP contribution in [-0.2, 0) is 0 Å². The molecule has 3 heterocycles. The van der Waals surface area contributed by atoms with Crippen molar-refractivity contribution in [2.75, 3.05) is 7.11 Å². The molecule has 1 atom stereocenters. The second-order valence-electron chi connectivity index (χ2n) is 9.62. The Morgan fingerprint density at radius 1 is 1.14 bits per heavy atom. The number of carbonyl (C=O) groups excluding carboxylic acids is 1. The number of benzene rings is 2. The molecule has 2 N–H and O–H groups in total. The number of aromatic amines is 1. The van der Waals surface area contributed by atoms with E-state index in [2.05, 4.69) is 40.8 Å². The highest BCUT2D eigenvalue weighted by atomic mass is 35.5. The lowest BCUT2D eigenvalue weighted by molar-refractivity contribution is -0.274. The van der Waals surface area contributed by atoms with Crippen LogP contribution in [0.15, 0.2) is 54.7 Å². The number of nitrogens with zero attached hydrogens (tertiary/aromatic N) is 6. The van der Waals surface area contributed by atoms with Gasteiger partial charge in [0.2, 0.25) is 0 Å². The molecule has 0 aliphatic rings. The predicted molar refractivity (Wildman–Crippen MR) is 146 cm³/mol. The molecule has 0 unspecified atom stereocenters. The Balaban J connectivity index is 1.70. The highest BCUT2D eigenvalue weighted by molar-refractivity contribution is 6.31. The number of tetrazole rings is 1. The lowest BCUT2D eigenvalue weighted by atomic mass is 10.0. The van der Waals surface area contributed by atoms with Gasteiger partial charge in [0.15, 0.2) is 11.5 Å². The van der Waals surface area contributed by atoms with Crippen molar-refractivity contribution in [3.8, 4) is 28.4 Å². The number of carbonyl (C=O) groups is 1. The van der Waals surface area contributed by atoms with Crippen LogP contribution in [0.4, 0.5) is 13.2 Å². The number of amides is 1. The number of aromatic nitrogens is 7. The number of alkyl halides is 3. The Bertz CT molecular complexity index is 1720. The molecule has 0 saturated heterocycles. The van der Waals surface area contributed by atoms with Gasteiger partial charge in [-0.25, -0.2) is 4.68 Å². The first-order valence-electron chi connectivity index (χ1n) is 12.7. The third kappa shape index (κ3) is 6.12. The number of hydrogen-bond donors (Lipinski definition) is 2. The van der Waals surface area contributed by atoms with Gasteiger partial charge in [-0.05, 0) is 54.8 Å². The number of pyridine rings is 1. The number of rotatable bonds is 9. The number of H-pyrrole nitrogens is 1. The Hall–Kier alpha value is -4.72. The van der Waals surface area contributed by atoms with Gasteiger partial charge in [-0.3, -0.25) is 9.78 Å². The molecule has 0 aliphatic carbocycles. The molecule has 1 amide bonds. The van der Waals surface area contributed by atoms with E-state index >= 15 is 0 Å². The molecule has 0 saturated carbocycles. The average Bonchev–Trinajstić information content (AvgIpc) is 3.62. The SMILES string of the molecule is COc1cccc(OC(F)(F)F)c1-c1cc(C(=O)N[C@@H](CC(C)C)c2nn[nH]n2)nn1-c1ccnc2cc(Cl)ccc12. The zero-order chi connectivity index (χ0) is 30.0. The molecule has 218 valence electrons. The van der Waals surface area contributed by atoms with Crippen molar-refractivity contribution in [3.63, 3.8) is 0 Å². The molecule has 0 bridgehead atoms. The largest absolute Gasteiger partial charge is 0.573 e. The standard InChI is InChI=1S/C27H24ClF3N8O3/c1-14(2)11-18(25-34-37-38-35-25)33-26(40)19-13-21(24-22(41-3)5-4-6-23(24)42-27(29,30)31)39(36-19)20-9-10-32-17-12-15(28)7-8-16(17)20/h4-10,12-14,18H,11H2,1-3H3,(H,33,40)(H,34,35,37,38)/t18-/m0/s1. The summed E-state index contributed by atoms with van der Waals surface area (Å²) in [5.74, 6) is -0.650. The first kappa shape index (κ1) is 28.8. The van der Waals surface area contributed by atoms with Crippen LogP contribution in [0, 0.1) is 5.92 Å². The second kappa shape index (κ2) is 11.6. The highest BCUT2D eigenvalue weighted by Crippen LogP contribution is 2.42. The zero-order valence-electron chi connectivity index (χ0n) is 22.5. The van der Waals surface area contributed by atoms with Gasteiger partial charge in [0.25, 0.3) is 5.91 Å². The van der Waals surface area contributed by atoms with Gasteiger partial charge in [-0.15, -0.1) is 23.4 Å². The maximum absolute atomic E-state index is 13.6. The molecule has 15 heteroatoms. The Morgan fingerprint density at radius 2 is 1.93 bits per heavy atom. The summed E-state index contributed by atoms with van der Waals surface area (Å²) in [4.78, 5) is 17.9. The number of hydrogen-bond acceptors (Lipinski definition) is 8. The number of fused-ring (bicyclic) bond motifs is 1. The number of ether oxygens (including phenoxy) is 2. The van der Waals surface area contributed by atoms with Crippen LogP contribution in [0.1, 0.15) is 42.6 Å². The fraction of sp³-hybridized carbons (Fsp3) is 0.259. The fourth-order valence-electron chi connectivity index (χ4n) is 4.54. The average molecular weight is 601 g/mol. The van der Waals surface area contributed by atoms with Crippen LogP contribution >= 0.6 is 11.6 Å². The van der Waals surface area contributed by atoms with E-state index in [1.165, 1.54) is 36.2 Å². The van der Waals surface area contributed by atoms with E-state index in [0.29, 0.717) is 28.0 Å². The first-order valence-corrected chi connectivity index (χ1v) is 13.0. The Labute approximate surface area is 242 Å². The van der Waals surface area contributed by atoms with Crippen molar-refractivity contribution < 1.29 is 27.4 Å². The van der Waals surface area contributed by atoms with Crippen LogP contribution in [0.3, 0.4) is 0 Å². The van der Waals surface area contributed by atoms with E-state index in [-0.39, 0.29) is 34.4 Å². The minimum absolute atomic E-state index is 0.0655. The molecular weight excluding hydrogens is 577 g/mol. The summed E-state index contributed by atoms with van der Waals surface area (Å²) in [5, 5.41) is 22.4. The van der Waals surface area contributed by atoms with Crippen molar-refractivity contribution in [2.45, 2.75) is 32.7 Å². The third-order valence-electron chi connectivity index (χ3n) is 6.23. The molecule has 2 aromatic carbocycles. The maximum atomic E-state index is 13.6. The van der Waals surface area contributed by atoms with Crippen molar-refractivity contribution in [3.05, 3.63) is 71.3 Å². The zero-order valence-corrected chi connectivity index (χ0v) is 23.2. The summed E-state index contributed by atoms with van der Waals surface area (Å²) in [6.07, 6.45) is -3.00. The highest BCUT2D eigenvalue weighted by Gasteiger charge is 2.34. The van der Waals surface area contributed by atoms with Gasteiger partial charge in [-0.2, -0.15) is 10.3 Å². The van der Waals surface area contributed by atoms with Gasteiger partial charge in [0.05, 0.1) is 35.6 Å². The fourth-order valence-corrected chi connectivity index (χ4v) is 4.70. The van der Waals surface area contributed by atoms with E-state index in [1.54, 1.807) is 24.3 Å².